The molecule has 7 heteroatoms. The van der Waals surface area contributed by atoms with Crippen LogP contribution in [0.2, 0.25) is 0 Å². The van der Waals surface area contributed by atoms with E-state index in [0.29, 0.717) is 30.0 Å². The predicted octanol–water partition coefficient (Wildman–Crippen LogP) is 4.52. The van der Waals surface area contributed by atoms with Crippen LogP contribution in [0.4, 0.5) is 17.6 Å². The second-order valence-electron chi connectivity index (χ2n) is 6.50. The third-order valence-electron chi connectivity index (χ3n) is 4.71. The van der Waals surface area contributed by atoms with Crippen molar-refractivity contribution in [3.8, 4) is 5.69 Å². The van der Waals surface area contributed by atoms with Gasteiger partial charge in [0.15, 0.2) is 0 Å². The Bertz CT molecular complexity index is 803. The lowest BCUT2D eigenvalue weighted by molar-refractivity contribution is -0.182. The van der Waals surface area contributed by atoms with Crippen LogP contribution in [-0.4, -0.2) is 15.7 Å². The van der Waals surface area contributed by atoms with Gasteiger partial charge in [0.05, 0.1) is 11.6 Å². The van der Waals surface area contributed by atoms with Crippen LogP contribution in [0.5, 0.6) is 0 Å². The number of hydrogen-bond donors (Lipinski definition) is 0. The Kier molecular flexibility index (Phi) is 4.67. The van der Waals surface area contributed by atoms with Crippen molar-refractivity contribution in [2.24, 2.45) is 5.92 Å². The minimum Gasteiger partial charge on any atom is -0.269 e. The fourth-order valence-corrected chi connectivity index (χ4v) is 3.42. The van der Waals surface area contributed by atoms with E-state index in [0.717, 1.165) is 0 Å². The van der Waals surface area contributed by atoms with Crippen molar-refractivity contribution in [1.29, 1.82) is 0 Å². The lowest BCUT2D eigenvalue weighted by Gasteiger charge is -2.30. The quantitative estimate of drug-likeness (QED) is 0.744. The van der Waals surface area contributed by atoms with Crippen LogP contribution in [0.1, 0.15) is 43.1 Å². The van der Waals surface area contributed by atoms with Gasteiger partial charge in [0, 0.05) is 17.7 Å². The summed E-state index contributed by atoms with van der Waals surface area (Å²) in [7, 11) is 0. The summed E-state index contributed by atoms with van der Waals surface area (Å²) in [4.78, 5) is 16.9. The van der Waals surface area contributed by atoms with Crippen LogP contribution >= 0.6 is 0 Å². The van der Waals surface area contributed by atoms with Gasteiger partial charge in [-0.25, -0.2) is 9.37 Å². The molecule has 0 spiro atoms. The summed E-state index contributed by atoms with van der Waals surface area (Å²) in [5.74, 6) is -1.49. The van der Waals surface area contributed by atoms with Crippen molar-refractivity contribution in [2.45, 2.75) is 44.7 Å². The predicted molar refractivity (Wildman–Crippen MR) is 85.3 cm³/mol. The Hall–Kier alpha value is -2.18. The van der Waals surface area contributed by atoms with Crippen LogP contribution in [0.15, 0.2) is 35.1 Å². The molecule has 1 heterocycles. The molecule has 3 rings (SSSR count). The van der Waals surface area contributed by atoms with Gasteiger partial charge in [0.2, 0.25) is 0 Å². The van der Waals surface area contributed by atoms with Gasteiger partial charge >= 0.3 is 6.18 Å². The lowest BCUT2D eigenvalue weighted by atomic mass is 9.81. The summed E-state index contributed by atoms with van der Waals surface area (Å²) in [6, 6.07) is 6.79. The largest absolute Gasteiger partial charge is 0.391 e. The molecular formula is C18H18F4N2O. The molecule has 2 aromatic rings. The van der Waals surface area contributed by atoms with Gasteiger partial charge in [-0.1, -0.05) is 0 Å². The Balaban J connectivity index is 1.97. The van der Waals surface area contributed by atoms with Gasteiger partial charge in [-0.05, 0) is 56.9 Å². The van der Waals surface area contributed by atoms with Gasteiger partial charge in [0.1, 0.15) is 11.6 Å². The number of aromatic nitrogens is 2. The average molecular weight is 354 g/mol. The molecule has 0 unspecified atom stereocenters. The summed E-state index contributed by atoms with van der Waals surface area (Å²) in [6.07, 6.45) is -3.48. The molecule has 1 aliphatic rings. The first-order valence-electron chi connectivity index (χ1n) is 8.19. The van der Waals surface area contributed by atoms with E-state index in [2.05, 4.69) is 4.98 Å². The van der Waals surface area contributed by atoms with Crippen molar-refractivity contribution < 1.29 is 17.6 Å². The minimum atomic E-state index is -4.18. The molecule has 0 aliphatic heterocycles. The lowest BCUT2D eigenvalue weighted by Crippen LogP contribution is -2.30. The highest BCUT2D eigenvalue weighted by Gasteiger charge is 2.42. The fourth-order valence-electron chi connectivity index (χ4n) is 3.42. The molecule has 25 heavy (non-hydrogen) atoms. The average Bonchev–Trinajstić information content (AvgIpc) is 2.55. The zero-order chi connectivity index (χ0) is 18.2. The van der Waals surface area contributed by atoms with Gasteiger partial charge in [-0.3, -0.25) is 9.36 Å². The first-order valence-corrected chi connectivity index (χ1v) is 8.19. The SMILES string of the molecule is Cc1cc(=O)n(-c2ccc(F)cc2)c([C@H]2CC[C@@H](C(F)(F)F)CC2)n1. The molecule has 0 atom stereocenters. The number of nitrogens with zero attached hydrogens (tertiary/aromatic N) is 2. The molecule has 1 saturated carbocycles. The fraction of sp³-hybridized carbons (Fsp3) is 0.444. The normalized spacial score (nSPS) is 21.3. The topological polar surface area (TPSA) is 34.9 Å². The Labute approximate surface area is 142 Å². The molecule has 0 N–H and O–H groups in total. The van der Waals surface area contributed by atoms with E-state index in [4.69, 9.17) is 0 Å². The highest BCUT2D eigenvalue weighted by Crippen LogP contribution is 2.42. The van der Waals surface area contributed by atoms with Crippen molar-refractivity contribution in [1.82, 2.24) is 9.55 Å². The van der Waals surface area contributed by atoms with Crippen molar-refractivity contribution >= 4 is 0 Å². The van der Waals surface area contributed by atoms with Crippen LogP contribution < -0.4 is 5.56 Å². The summed E-state index contributed by atoms with van der Waals surface area (Å²) in [5.41, 5.74) is 0.676. The van der Waals surface area contributed by atoms with Crippen molar-refractivity contribution in [2.75, 3.05) is 0 Å². The molecule has 0 bridgehead atoms. The Morgan fingerprint density at radius 2 is 1.68 bits per heavy atom. The van der Waals surface area contributed by atoms with Crippen molar-refractivity contribution in [3.63, 3.8) is 0 Å². The van der Waals surface area contributed by atoms with E-state index >= 15 is 0 Å². The van der Waals surface area contributed by atoms with E-state index in [1.165, 1.54) is 34.9 Å². The zero-order valence-electron chi connectivity index (χ0n) is 13.7. The van der Waals surface area contributed by atoms with E-state index < -0.39 is 17.9 Å². The number of hydrogen-bond acceptors (Lipinski definition) is 2. The molecule has 0 radical (unpaired) electrons. The van der Waals surface area contributed by atoms with Crippen LogP contribution in [0.25, 0.3) is 5.69 Å². The molecular weight excluding hydrogens is 336 g/mol. The van der Waals surface area contributed by atoms with Gasteiger partial charge < -0.3 is 0 Å². The van der Waals surface area contributed by atoms with Crippen molar-refractivity contribution in [3.05, 3.63) is 58.0 Å². The Morgan fingerprint density at radius 3 is 2.24 bits per heavy atom. The first-order chi connectivity index (χ1) is 11.8. The van der Waals surface area contributed by atoms with Gasteiger partial charge in [-0.15, -0.1) is 0 Å². The molecule has 1 aromatic carbocycles. The molecule has 1 aliphatic carbocycles. The molecule has 134 valence electrons. The monoisotopic (exact) mass is 354 g/mol. The number of halogens is 4. The van der Waals surface area contributed by atoms with Crippen LogP contribution in [0, 0.1) is 18.7 Å². The maximum atomic E-state index is 13.2. The number of benzene rings is 1. The van der Waals surface area contributed by atoms with E-state index in [-0.39, 0.29) is 24.3 Å². The van der Waals surface area contributed by atoms with E-state index in [1.54, 1.807) is 6.92 Å². The zero-order valence-corrected chi connectivity index (χ0v) is 13.7. The maximum absolute atomic E-state index is 13.2. The molecule has 1 aromatic heterocycles. The first kappa shape index (κ1) is 17.6. The highest BCUT2D eigenvalue weighted by molar-refractivity contribution is 5.34. The van der Waals surface area contributed by atoms with E-state index in [9.17, 15) is 22.4 Å². The molecule has 0 saturated heterocycles. The third kappa shape index (κ3) is 3.75. The number of aryl methyl sites for hydroxylation is 1. The second kappa shape index (κ2) is 6.61. The number of rotatable bonds is 2. The maximum Gasteiger partial charge on any atom is 0.391 e. The molecule has 0 amide bonds. The van der Waals surface area contributed by atoms with Crippen LogP contribution in [0.3, 0.4) is 0 Å². The minimum absolute atomic E-state index is 0.0292. The summed E-state index contributed by atoms with van der Waals surface area (Å²) >= 11 is 0. The summed E-state index contributed by atoms with van der Waals surface area (Å²) < 4.78 is 53.2. The van der Waals surface area contributed by atoms with Gasteiger partial charge in [-0.2, -0.15) is 13.2 Å². The van der Waals surface area contributed by atoms with Crippen LogP contribution in [-0.2, 0) is 0 Å². The Morgan fingerprint density at radius 1 is 1.08 bits per heavy atom. The molecule has 1 fully saturated rings. The molecule has 3 nitrogen and oxygen atoms in total. The third-order valence-corrected chi connectivity index (χ3v) is 4.71. The summed E-state index contributed by atoms with van der Waals surface area (Å²) in [5, 5.41) is 0. The second-order valence-corrected chi connectivity index (χ2v) is 6.50. The standard InChI is InChI=1S/C18H18F4N2O/c1-11-10-16(25)24(15-8-6-14(19)7-9-15)17(23-11)12-2-4-13(5-3-12)18(20,21)22/h6-10,12-13H,2-5H2,1H3/t12-,13+. The van der Waals surface area contributed by atoms with E-state index in [1.807, 2.05) is 0 Å². The summed E-state index contributed by atoms with van der Waals surface area (Å²) in [6.45, 7) is 1.68. The highest BCUT2D eigenvalue weighted by atomic mass is 19.4. The van der Waals surface area contributed by atoms with Gasteiger partial charge in [0.25, 0.3) is 5.56 Å². The smallest absolute Gasteiger partial charge is 0.269 e. The number of alkyl halides is 3.